The third-order valence-corrected chi connectivity index (χ3v) is 3.05. The van der Waals surface area contributed by atoms with Crippen molar-refractivity contribution in [2.75, 3.05) is 6.54 Å². The summed E-state index contributed by atoms with van der Waals surface area (Å²) in [5.41, 5.74) is 1.15. The van der Waals surface area contributed by atoms with E-state index in [-0.39, 0.29) is 0 Å². The second kappa shape index (κ2) is 6.64. The lowest BCUT2D eigenvalue weighted by Crippen LogP contribution is -2.11. The van der Waals surface area contributed by atoms with Crippen molar-refractivity contribution in [3.05, 3.63) is 52.4 Å². The maximum atomic E-state index is 5.82. The molecule has 0 unspecified atom stereocenters. The highest BCUT2D eigenvalue weighted by atomic mass is 35.5. The van der Waals surface area contributed by atoms with Crippen LogP contribution in [-0.2, 0) is 13.2 Å². The van der Waals surface area contributed by atoms with Crippen LogP contribution in [0.15, 0.2) is 34.7 Å². The Bertz CT molecular complexity index is 519. The number of benzene rings is 1. The normalized spacial score (nSPS) is 10.7. The molecule has 0 aliphatic carbocycles. The number of hydrogen-bond donors (Lipinski definition) is 1. The monoisotopic (exact) mass is 279 g/mol. The van der Waals surface area contributed by atoms with E-state index in [4.69, 9.17) is 20.8 Å². The third kappa shape index (κ3) is 4.01. The van der Waals surface area contributed by atoms with E-state index in [0.29, 0.717) is 11.6 Å². The number of furan rings is 1. The SMILES string of the molecule is CCNCc1oc(COc2ccc(Cl)cc2)cc1C. The van der Waals surface area contributed by atoms with Crippen LogP contribution in [0.25, 0.3) is 0 Å². The average molecular weight is 280 g/mol. The topological polar surface area (TPSA) is 34.4 Å². The molecule has 2 rings (SSSR count). The number of halogens is 1. The Morgan fingerprint density at radius 1 is 1.26 bits per heavy atom. The van der Waals surface area contributed by atoms with E-state index in [1.54, 1.807) is 12.1 Å². The standard InChI is InChI=1S/C15H18ClNO2/c1-3-17-9-15-11(2)8-14(19-15)10-18-13-6-4-12(16)5-7-13/h4-8,17H,3,9-10H2,1-2H3. The van der Waals surface area contributed by atoms with Gasteiger partial charge in [-0.05, 0) is 49.4 Å². The molecule has 0 atom stereocenters. The summed E-state index contributed by atoms with van der Waals surface area (Å²) in [6, 6.07) is 9.32. The number of rotatable bonds is 6. The Morgan fingerprint density at radius 3 is 2.68 bits per heavy atom. The van der Waals surface area contributed by atoms with Crippen molar-refractivity contribution in [1.82, 2.24) is 5.32 Å². The van der Waals surface area contributed by atoms with Crippen LogP contribution in [0.2, 0.25) is 5.02 Å². The van der Waals surface area contributed by atoms with E-state index in [1.165, 1.54) is 0 Å². The fourth-order valence-corrected chi connectivity index (χ4v) is 1.89. The second-order valence-electron chi connectivity index (χ2n) is 4.34. The Hall–Kier alpha value is -1.45. The Kier molecular flexibility index (Phi) is 4.88. The predicted molar refractivity (Wildman–Crippen MR) is 76.6 cm³/mol. The van der Waals surface area contributed by atoms with Crippen LogP contribution in [-0.4, -0.2) is 6.54 Å². The van der Waals surface area contributed by atoms with E-state index in [9.17, 15) is 0 Å². The largest absolute Gasteiger partial charge is 0.486 e. The minimum Gasteiger partial charge on any atom is -0.486 e. The summed E-state index contributed by atoms with van der Waals surface area (Å²) < 4.78 is 11.4. The van der Waals surface area contributed by atoms with E-state index in [2.05, 4.69) is 12.2 Å². The lowest BCUT2D eigenvalue weighted by Gasteiger charge is -2.04. The molecule has 102 valence electrons. The fraction of sp³-hybridized carbons (Fsp3) is 0.333. The molecule has 4 heteroatoms. The predicted octanol–water partition coefficient (Wildman–Crippen LogP) is 3.93. The Balaban J connectivity index is 1.94. The molecule has 0 saturated carbocycles. The maximum Gasteiger partial charge on any atom is 0.146 e. The van der Waals surface area contributed by atoms with Gasteiger partial charge in [-0.25, -0.2) is 0 Å². The van der Waals surface area contributed by atoms with Crippen LogP contribution in [0.1, 0.15) is 24.0 Å². The first-order chi connectivity index (χ1) is 9.19. The molecular weight excluding hydrogens is 262 g/mol. The van der Waals surface area contributed by atoms with E-state index < -0.39 is 0 Å². The molecule has 3 nitrogen and oxygen atoms in total. The Labute approximate surface area is 118 Å². The first-order valence-corrected chi connectivity index (χ1v) is 6.74. The lowest BCUT2D eigenvalue weighted by molar-refractivity contribution is 0.265. The molecule has 0 fully saturated rings. The van der Waals surface area contributed by atoms with Crippen LogP contribution in [0.3, 0.4) is 0 Å². The number of aryl methyl sites for hydroxylation is 1. The van der Waals surface area contributed by atoms with Gasteiger partial charge in [0.15, 0.2) is 0 Å². The molecule has 0 spiro atoms. The zero-order valence-electron chi connectivity index (χ0n) is 11.2. The highest BCUT2D eigenvalue weighted by Crippen LogP contribution is 2.19. The molecule has 1 aromatic carbocycles. The number of hydrogen-bond acceptors (Lipinski definition) is 3. The van der Waals surface area contributed by atoms with Gasteiger partial charge in [0.1, 0.15) is 23.9 Å². The van der Waals surface area contributed by atoms with Gasteiger partial charge < -0.3 is 14.5 Å². The molecule has 0 bridgehead atoms. The van der Waals surface area contributed by atoms with Gasteiger partial charge in [-0.15, -0.1) is 0 Å². The first-order valence-electron chi connectivity index (χ1n) is 6.36. The van der Waals surface area contributed by atoms with Gasteiger partial charge in [0.25, 0.3) is 0 Å². The minimum absolute atomic E-state index is 0.425. The van der Waals surface area contributed by atoms with Gasteiger partial charge in [0.2, 0.25) is 0 Å². The van der Waals surface area contributed by atoms with Gasteiger partial charge in [-0.2, -0.15) is 0 Å². The molecule has 19 heavy (non-hydrogen) atoms. The number of ether oxygens (including phenoxy) is 1. The summed E-state index contributed by atoms with van der Waals surface area (Å²) in [5.74, 6) is 2.59. The maximum absolute atomic E-state index is 5.82. The van der Waals surface area contributed by atoms with Crippen molar-refractivity contribution in [1.29, 1.82) is 0 Å². The lowest BCUT2D eigenvalue weighted by atomic mass is 10.2. The molecule has 1 aromatic heterocycles. The van der Waals surface area contributed by atoms with Crippen molar-refractivity contribution in [3.8, 4) is 5.75 Å². The summed E-state index contributed by atoms with van der Waals surface area (Å²) in [6.07, 6.45) is 0. The van der Waals surface area contributed by atoms with Gasteiger partial charge in [0, 0.05) is 5.02 Å². The van der Waals surface area contributed by atoms with Crippen LogP contribution in [0, 0.1) is 6.92 Å². The van der Waals surface area contributed by atoms with Crippen LogP contribution in [0.4, 0.5) is 0 Å². The number of nitrogens with one attached hydrogen (secondary N) is 1. The van der Waals surface area contributed by atoms with Crippen molar-refractivity contribution in [2.45, 2.75) is 27.0 Å². The Morgan fingerprint density at radius 2 is 2.00 bits per heavy atom. The third-order valence-electron chi connectivity index (χ3n) is 2.80. The molecule has 0 aliphatic rings. The average Bonchev–Trinajstić information content (AvgIpc) is 2.76. The smallest absolute Gasteiger partial charge is 0.146 e. The summed E-state index contributed by atoms with van der Waals surface area (Å²) >= 11 is 5.82. The zero-order chi connectivity index (χ0) is 13.7. The zero-order valence-corrected chi connectivity index (χ0v) is 12.0. The van der Waals surface area contributed by atoms with Gasteiger partial charge in [-0.1, -0.05) is 18.5 Å². The molecule has 0 aliphatic heterocycles. The van der Waals surface area contributed by atoms with Gasteiger partial charge in [-0.3, -0.25) is 0 Å². The van der Waals surface area contributed by atoms with Crippen molar-refractivity contribution in [2.24, 2.45) is 0 Å². The summed E-state index contributed by atoms with van der Waals surface area (Å²) in [4.78, 5) is 0. The first kappa shape index (κ1) is 14.0. The fourth-order valence-electron chi connectivity index (χ4n) is 1.76. The highest BCUT2D eigenvalue weighted by Gasteiger charge is 2.07. The van der Waals surface area contributed by atoms with E-state index >= 15 is 0 Å². The summed E-state index contributed by atoms with van der Waals surface area (Å²) in [6.45, 7) is 6.22. The molecule has 1 heterocycles. The van der Waals surface area contributed by atoms with E-state index in [0.717, 1.165) is 35.9 Å². The van der Waals surface area contributed by atoms with Crippen LogP contribution >= 0.6 is 11.6 Å². The molecule has 0 amide bonds. The molecule has 0 radical (unpaired) electrons. The van der Waals surface area contributed by atoms with Crippen LogP contribution < -0.4 is 10.1 Å². The molecule has 2 aromatic rings. The van der Waals surface area contributed by atoms with Crippen molar-refractivity contribution >= 4 is 11.6 Å². The molecular formula is C15H18ClNO2. The molecule has 0 saturated heterocycles. The highest BCUT2D eigenvalue weighted by molar-refractivity contribution is 6.30. The van der Waals surface area contributed by atoms with Crippen LogP contribution in [0.5, 0.6) is 5.75 Å². The molecule has 1 N–H and O–H groups in total. The van der Waals surface area contributed by atoms with Gasteiger partial charge in [0.05, 0.1) is 6.54 Å². The van der Waals surface area contributed by atoms with Crippen molar-refractivity contribution in [3.63, 3.8) is 0 Å². The summed E-state index contributed by atoms with van der Waals surface area (Å²) in [7, 11) is 0. The summed E-state index contributed by atoms with van der Waals surface area (Å²) in [5, 5.41) is 3.95. The van der Waals surface area contributed by atoms with E-state index in [1.807, 2.05) is 25.1 Å². The second-order valence-corrected chi connectivity index (χ2v) is 4.78. The van der Waals surface area contributed by atoms with Crippen molar-refractivity contribution < 1.29 is 9.15 Å². The quantitative estimate of drug-likeness (QED) is 0.870. The van der Waals surface area contributed by atoms with Gasteiger partial charge >= 0.3 is 0 Å². The minimum atomic E-state index is 0.425.